The van der Waals surface area contributed by atoms with Crippen molar-refractivity contribution >= 4 is 29.3 Å². The van der Waals surface area contributed by atoms with Gasteiger partial charge in [-0.05, 0) is 55.8 Å². The summed E-state index contributed by atoms with van der Waals surface area (Å²) in [6, 6.07) is 12.6. The third-order valence-electron chi connectivity index (χ3n) is 3.92. The van der Waals surface area contributed by atoms with Gasteiger partial charge in [0, 0.05) is 29.4 Å². The molecular formula is C21H20N2O5. The number of carbonyl (C=O) groups excluding carboxylic acids is 3. The number of benzene rings is 2. The molecule has 28 heavy (non-hydrogen) atoms. The number of carboxylic acids is 1. The van der Waals surface area contributed by atoms with Gasteiger partial charge in [0.15, 0.2) is 5.78 Å². The minimum absolute atomic E-state index is 0.0668. The van der Waals surface area contributed by atoms with Crippen molar-refractivity contribution in [2.45, 2.75) is 20.4 Å². The van der Waals surface area contributed by atoms with Crippen LogP contribution in [-0.2, 0) is 16.1 Å². The molecule has 7 heteroatoms. The molecule has 0 saturated carbocycles. The Morgan fingerprint density at radius 1 is 0.893 bits per heavy atom. The van der Waals surface area contributed by atoms with Crippen molar-refractivity contribution in [3.8, 4) is 0 Å². The molecule has 144 valence electrons. The maximum absolute atomic E-state index is 12.1. The number of Topliss-reactive ketones (excluding diaryl/α,β-unsaturated/α-hetero) is 1. The normalized spacial score (nSPS) is 10.9. The summed E-state index contributed by atoms with van der Waals surface area (Å²) in [5.41, 5.74) is 2.18. The summed E-state index contributed by atoms with van der Waals surface area (Å²) in [4.78, 5) is 46.2. The number of carbonyl (C=O) groups is 4. The Hall–Kier alpha value is -3.74. The highest BCUT2D eigenvalue weighted by Gasteiger charge is 2.08. The van der Waals surface area contributed by atoms with Crippen molar-refractivity contribution in [2.24, 2.45) is 0 Å². The first-order chi connectivity index (χ1) is 13.3. The zero-order valence-electron chi connectivity index (χ0n) is 15.5. The van der Waals surface area contributed by atoms with E-state index in [1.807, 2.05) is 0 Å². The molecule has 0 fully saturated rings. The first kappa shape index (κ1) is 20.6. The second-order valence-electron chi connectivity index (χ2n) is 6.13. The third-order valence-corrected chi connectivity index (χ3v) is 3.92. The van der Waals surface area contributed by atoms with E-state index in [0.717, 1.165) is 5.56 Å². The fraction of sp³-hybridized carbons (Fsp3) is 0.143. The van der Waals surface area contributed by atoms with E-state index < -0.39 is 17.8 Å². The van der Waals surface area contributed by atoms with E-state index in [1.54, 1.807) is 36.4 Å². The van der Waals surface area contributed by atoms with Crippen LogP contribution in [0.2, 0.25) is 0 Å². The Labute approximate surface area is 162 Å². The Balaban J connectivity index is 1.90. The third kappa shape index (κ3) is 5.91. The van der Waals surface area contributed by atoms with Crippen LogP contribution >= 0.6 is 0 Å². The van der Waals surface area contributed by atoms with Crippen LogP contribution in [0.1, 0.15) is 40.1 Å². The molecule has 0 radical (unpaired) electrons. The van der Waals surface area contributed by atoms with Crippen molar-refractivity contribution in [1.82, 2.24) is 5.32 Å². The lowest BCUT2D eigenvalue weighted by molar-refractivity contribution is -0.118. The number of nitrogens with one attached hydrogen (secondary N) is 2. The van der Waals surface area contributed by atoms with E-state index >= 15 is 0 Å². The molecule has 0 heterocycles. The summed E-state index contributed by atoms with van der Waals surface area (Å²) in [5.74, 6) is -1.96. The van der Waals surface area contributed by atoms with Gasteiger partial charge in [-0.1, -0.05) is 12.1 Å². The lowest BCUT2D eigenvalue weighted by Gasteiger charge is -2.07. The summed E-state index contributed by atoms with van der Waals surface area (Å²) in [5, 5.41) is 14.2. The van der Waals surface area contributed by atoms with Crippen molar-refractivity contribution in [1.29, 1.82) is 0 Å². The first-order valence-electron chi connectivity index (χ1n) is 8.47. The molecular weight excluding hydrogens is 360 g/mol. The van der Waals surface area contributed by atoms with Crippen LogP contribution in [0, 0.1) is 0 Å². The number of hydrogen-bond acceptors (Lipinski definition) is 4. The number of hydrogen-bond donors (Lipinski definition) is 3. The van der Waals surface area contributed by atoms with Gasteiger partial charge in [0.2, 0.25) is 11.8 Å². The number of amides is 2. The molecule has 0 unspecified atom stereocenters. The monoisotopic (exact) mass is 380 g/mol. The van der Waals surface area contributed by atoms with Crippen molar-refractivity contribution in [3.63, 3.8) is 0 Å². The molecule has 0 spiro atoms. The maximum Gasteiger partial charge on any atom is 0.335 e. The molecule has 2 aromatic rings. The molecule has 0 aromatic heterocycles. The van der Waals surface area contributed by atoms with Gasteiger partial charge >= 0.3 is 5.97 Å². The second kappa shape index (κ2) is 9.27. The molecule has 3 N–H and O–H groups in total. The van der Waals surface area contributed by atoms with Crippen LogP contribution in [-0.4, -0.2) is 28.7 Å². The lowest BCUT2D eigenvalue weighted by Crippen LogP contribution is -2.24. The molecule has 0 aliphatic heterocycles. The van der Waals surface area contributed by atoms with Gasteiger partial charge in [-0.3, -0.25) is 14.4 Å². The fourth-order valence-electron chi connectivity index (χ4n) is 2.32. The summed E-state index contributed by atoms with van der Waals surface area (Å²) in [6.45, 7) is 3.18. The highest BCUT2D eigenvalue weighted by molar-refractivity contribution is 6.06. The van der Waals surface area contributed by atoms with Crippen LogP contribution in [0.3, 0.4) is 0 Å². The van der Waals surface area contributed by atoms with Crippen molar-refractivity contribution in [3.05, 3.63) is 76.9 Å². The smallest absolute Gasteiger partial charge is 0.335 e. The van der Waals surface area contributed by atoms with E-state index in [9.17, 15) is 19.2 Å². The van der Waals surface area contributed by atoms with Gasteiger partial charge < -0.3 is 15.7 Å². The van der Waals surface area contributed by atoms with Crippen LogP contribution in [0.15, 0.2) is 60.2 Å². The standard InChI is InChI=1S/C21H20N2O5/c1-13(11-19(25)23-18-9-7-16(8-10-18)14(2)24)20(26)22-12-15-3-5-17(6-4-15)21(27)28/h3-11H,12H2,1-2H3,(H,22,26)(H,23,25)(H,27,28)/b13-11-. The zero-order chi connectivity index (χ0) is 20.7. The van der Waals surface area contributed by atoms with Gasteiger partial charge in [-0.15, -0.1) is 0 Å². The fourth-order valence-corrected chi connectivity index (χ4v) is 2.32. The average Bonchev–Trinajstić information content (AvgIpc) is 2.66. The largest absolute Gasteiger partial charge is 0.478 e. The average molecular weight is 380 g/mol. The van der Waals surface area contributed by atoms with E-state index in [0.29, 0.717) is 11.3 Å². The number of ketones is 1. The van der Waals surface area contributed by atoms with E-state index in [-0.39, 0.29) is 23.5 Å². The summed E-state index contributed by atoms with van der Waals surface area (Å²) in [6.07, 6.45) is 1.18. The second-order valence-corrected chi connectivity index (χ2v) is 6.13. The minimum atomic E-state index is -1.02. The molecule has 2 rings (SSSR count). The number of aromatic carboxylic acids is 1. The Kier molecular flexibility index (Phi) is 6.81. The first-order valence-corrected chi connectivity index (χ1v) is 8.47. The van der Waals surface area contributed by atoms with Gasteiger partial charge in [-0.25, -0.2) is 4.79 Å². The predicted molar refractivity (Wildman–Crippen MR) is 104 cm³/mol. The topological polar surface area (TPSA) is 113 Å². The molecule has 0 atom stereocenters. The van der Waals surface area contributed by atoms with E-state index in [2.05, 4.69) is 10.6 Å². The molecule has 0 aliphatic rings. The number of carboxylic acid groups (broad SMARTS) is 1. The van der Waals surface area contributed by atoms with Crippen LogP contribution < -0.4 is 10.6 Å². The van der Waals surface area contributed by atoms with E-state index in [4.69, 9.17) is 5.11 Å². The van der Waals surface area contributed by atoms with E-state index in [1.165, 1.54) is 32.1 Å². The van der Waals surface area contributed by atoms with Crippen molar-refractivity contribution in [2.75, 3.05) is 5.32 Å². The predicted octanol–water partition coefficient (Wildman–Crippen LogP) is 2.79. The highest BCUT2D eigenvalue weighted by atomic mass is 16.4. The SMILES string of the molecule is CC(=O)c1ccc(NC(=O)/C=C(/C)C(=O)NCc2ccc(C(=O)O)cc2)cc1. The Morgan fingerprint density at radius 3 is 2.00 bits per heavy atom. The van der Waals surface area contributed by atoms with Crippen LogP contribution in [0.4, 0.5) is 5.69 Å². The quantitative estimate of drug-likeness (QED) is 0.505. The Bertz CT molecular complexity index is 928. The van der Waals surface area contributed by atoms with Gasteiger partial charge in [0.1, 0.15) is 0 Å². The summed E-state index contributed by atoms with van der Waals surface area (Å²) >= 11 is 0. The zero-order valence-corrected chi connectivity index (χ0v) is 15.5. The molecule has 0 aliphatic carbocycles. The molecule has 0 saturated heterocycles. The molecule has 0 bridgehead atoms. The highest BCUT2D eigenvalue weighted by Crippen LogP contribution is 2.10. The van der Waals surface area contributed by atoms with Gasteiger partial charge in [-0.2, -0.15) is 0 Å². The van der Waals surface area contributed by atoms with Crippen molar-refractivity contribution < 1.29 is 24.3 Å². The summed E-state index contributed by atoms with van der Waals surface area (Å²) < 4.78 is 0. The number of anilines is 1. The summed E-state index contributed by atoms with van der Waals surface area (Å²) in [7, 11) is 0. The minimum Gasteiger partial charge on any atom is -0.478 e. The lowest BCUT2D eigenvalue weighted by atomic mass is 10.1. The maximum atomic E-state index is 12.1. The van der Waals surface area contributed by atoms with Gasteiger partial charge in [0.25, 0.3) is 0 Å². The van der Waals surface area contributed by atoms with Crippen LogP contribution in [0.5, 0.6) is 0 Å². The number of rotatable bonds is 7. The van der Waals surface area contributed by atoms with Crippen LogP contribution in [0.25, 0.3) is 0 Å². The molecule has 2 aromatic carbocycles. The van der Waals surface area contributed by atoms with Gasteiger partial charge in [0.05, 0.1) is 5.56 Å². The molecule has 7 nitrogen and oxygen atoms in total. The molecule has 2 amide bonds. The Morgan fingerprint density at radius 2 is 1.46 bits per heavy atom.